The predicted molar refractivity (Wildman–Crippen MR) is 110 cm³/mol. The van der Waals surface area contributed by atoms with Crippen LogP contribution in [0.15, 0.2) is 36.4 Å². The number of nitrogens with zero attached hydrogens (tertiary/aromatic N) is 1. The van der Waals surface area contributed by atoms with Crippen LogP contribution < -0.4 is 14.8 Å². The molecule has 0 spiro atoms. The molecule has 5 nitrogen and oxygen atoms in total. The van der Waals surface area contributed by atoms with Crippen molar-refractivity contribution >= 4 is 11.6 Å². The first-order valence-corrected chi connectivity index (χ1v) is 10.1. The van der Waals surface area contributed by atoms with E-state index in [4.69, 9.17) is 9.47 Å². The van der Waals surface area contributed by atoms with Crippen LogP contribution in [0.1, 0.15) is 42.0 Å². The fraction of sp³-hybridized carbons (Fsp3) is 0.435. The molecule has 148 valence electrons. The molecule has 0 radical (unpaired) electrons. The number of rotatable bonds is 6. The van der Waals surface area contributed by atoms with Gasteiger partial charge in [-0.15, -0.1) is 0 Å². The van der Waals surface area contributed by atoms with E-state index >= 15 is 0 Å². The summed E-state index contributed by atoms with van der Waals surface area (Å²) in [5.41, 5.74) is 4.78. The summed E-state index contributed by atoms with van der Waals surface area (Å²) >= 11 is 0. The van der Waals surface area contributed by atoms with Gasteiger partial charge in [-0.2, -0.15) is 0 Å². The van der Waals surface area contributed by atoms with Gasteiger partial charge in [0.2, 0.25) is 5.91 Å². The van der Waals surface area contributed by atoms with Crippen LogP contribution in [0.4, 0.5) is 5.69 Å². The lowest BCUT2D eigenvalue weighted by molar-refractivity contribution is -0.117. The number of hydrogen-bond donors (Lipinski definition) is 1. The fourth-order valence-corrected chi connectivity index (χ4v) is 4.50. The van der Waals surface area contributed by atoms with Crippen LogP contribution in [-0.2, 0) is 17.6 Å². The van der Waals surface area contributed by atoms with Gasteiger partial charge in [0.15, 0.2) is 0 Å². The second-order valence-corrected chi connectivity index (χ2v) is 7.62. The molecule has 1 amide bonds. The zero-order valence-electron chi connectivity index (χ0n) is 16.7. The van der Waals surface area contributed by atoms with Gasteiger partial charge < -0.3 is 14.8 Å². The Morgan fingerprint density at radius 2 is 1.93 bits per heavy atom. The van der Waals surface area contributed by atoms with Gasteiger partial charge in [-0.05, 0) is 80.1 Å². The van der Waals surface area contributed by atoms with Crippen LogP contribution in [0.5, 0.6) is 11.5 Å². The first-order chi connectivity index (χ1) is 13.7. The summed E-state index contributed by atoms with van der Waals surface area (Å²) in [6.07, 6.45) is 5.56. The van der Waals surface area contributed by atoms with E-state index in [2.05, 4.69) is 22.3 Å². The van der Waals surface area contributed by atoms with E-state index in [1.165, 1.54) is 17.5 Å². The maximum Gasteiger partial charge on any atom is 0.238 e. The second kappa shape index (κ2) is 8.23. The Bertz CT molecular complexity index is 865. The summed E-state index contributed by atoms with van der Waals surface area (Å²) < 4.78 is 11.0. The largest absolute Gasteiger partial charge is 0.497 e. The number of fused-ring (bicyclic) bond motifs is 1. The molecule has 28 heavy (non-hydrogen) atoms. The standard InChI is InChI=1S/C23H28N2O3/c1-27-19-10-11-22(28-2)20(14-19)21-7-4-12-25(21)15-23(26)24-18-9-8-16-5-3-6-17(16)13-18/h8-11,13-14,21H,3-7,12,15H2,1-2H3,(H,24,26)/t21-/m0/s1. The SMILES string of the molecule is COc1ccc(OC)c([C@@H]2CCCN2CC(=O)Nc2ccc3c(c2)CCC3)c1. The number of benzene rings is 2. The van der Waals surface area contributed by atoms with E-state index in [1.54, 1.807) is 14.2 Å². The average Bonchev–Trinajstić information content (AvgIpc) is 3.36. The monoisotopic (exact) mass is 380 g/mol. The fourth-order valence-electron chi connectivity index (χ4n) is 4.50. The van der Waals surface area contributed by atoms with Crippen LogP contribution >= 0.6 is 0 Å². The maximum atomic E-state index is 12.7. The van der Waals surface area contributed by atoms with Gasteiger partial charge in [-0.3, -0.25) is 9.69 Å². The topological polar surface area (TPSA) is 50.8 Å². The van der Waals surface area contributed by atoms with Crippen LogP contribution in [-0.4, -0.2) is 38.1 Å². The molecule has 0 aromatic heterocycles. The second-order valence-electron chi connectivity index (χ2n) is 7.62. The molecule has 0 saturated carbocycles. The third-order valence-corrected chi connectivity index (χ3v) is 5.89. The minimum atomic E-state index is 0.0340. The number of nitrogens with one attached hydrogen (secondary N) is 1. The highest BCUT2D eigenvalue weighted by Gasteiger charge is 2.30. The van der Waals surface area contributed by atoms with Gasteiger partial charge in [0.25, 0.3) is 0 Å². The molecule has 2 aromatic rings. The Labute approximate surface area is 166 Å². The lowest BCUT2D eigenvalue weighted by Crippen LogP contribution is -2.33. The van der Waals surface area contributed by atoms with Crippen LogP contribution in [0.25, 0.3) is 0 Å². The van der Waals surface area contributed by atoms with Crippen molar-refractivity contribution in [1.29, 1.82) is 0 Å². The number of likely N-dealkylation sites (tertiary alicyclic amines) is 1. The molecule has 1 saturated heterocycles. The Morgan fingerprint density at radius 1 is 1.07 bits per heavy atom. The minimum absolute atomic E-state index is 0.0340. The highest BCUT2D eigenvalue weighted by atomic mass is 16.5. The summed E-state index contributed by atoms with van der Waals surface area (Å²) in [5.74, 6) is 1.69. The summed E-state index contributed by atoms with van der Waals surface area (Å²) in [7, 11) is 3.35. The quantitative estimate of drug-likeness (QED) is 0.824. The zero-order chi connectivity index (χ0) is 19.5. The van der Waals surface area contributed by atoms with Crippen molar-refractivity contribution in [2.24, 2.45) is 0 Å². The number of ether oxygens (including phenoxy) is 2. The van der Waals surface area contributed by atoms with Gasteiger partial charge in [0.1, 0.15) is 11.5 Å². The Kier molecular flexibility index (Phi) is 5.53. The van der Waals surface area contributed by atoms with Crippen molar-refractivity contribution in [2.75, 3.05) is 32.6 Å². The predicted octanol–water partition coefficient (Wildman–Crippen LogP) is 3.97. The first kappa shape index (κ1) is 18.8. The van der Waals surface area contributed by atoms with Crippen molar-refractivity contribution in [3.05, 3.63) is 53.1 Å². The molecule has 1 fully saturated rings. The molecular weight excluding hydrogens is 352 g/mol. The number of hydrogen-bond acceptors (Lipinski definition) is 4. The van der Waals surface area contributed by atoms with Gasteiger partial charge in [0, 0.05) is 17.3 Å². The summed E-state index contributed by atoms with van der Waals surface area (Å²) in [6.45, 7) is 1.28. The number of carbonyl (C=O) groups excluding carboxylic acids is 1. The molecule has 1 aliphatic heterocycles. The number of anilines is 1. The van der Waals surface area contributed by atoms with Crippen molar-refractivity contribution in [2.45, 2.75) is 38.1 Å². The molecule has 1 heterocycles. The molecular formula is C23H28N2O3. The number of methoxy groups -OCH3 is 2. The van der Waals surface area contributed by atoms with E-state index < -0.39 is 0 Å². The normalized spacial score (nSPS) is 18.7. The highest BCUT2D eigenvalue weighted by Crippen LogP contribution is 2.38. The maximum absolute atomic E-state index is 12.7. The number of aryl methyl sites for hydroxylation is 2. The van der Waals surface area contributed by atoms with Crippen LogP contribution in [0, 0.1) is 0 Å². The van der Waals surface area contributed by atoms with Crippen molar-refractivity contribution in [3.63, 3.8) is 0 Å². The van der Waals surface area contributed by atoms with Crippen molar-refractivity contribution in [3.8, 4) is 11.5 Å². The molecule has 0 bridgehead atoms. The number of carbonyl (C=O) groups is 1. The van der Waals surface area contributed by atoms with Gasteiger partial charge in [0.05, 0.1) is 20.8 Å². The summed E-state index contributed by atoms with van der Waals surface area (Å²) in [5, 5.41) is 3.09. The molecule has 5 heteroatoms. The van der Waals surface area contributed by atoms with Crippen molar-refractivity contribution < 1.29 is 14.3 Å². The van der Waals surface area contributed by atoms with Gasteiger partial charge in [-0.1, -0.05) is 6.07 Å². The molecule has 0 unspecified atom stereocenters. The van der Waals surface area contributed by atoms with E-state index in [0.29, 0.717) is 6.54 Å². The minimum Gasteiger partial charge on any atom is -0.497 e. The Balaban J connectivity index is 1.46. The van der Waals surface area contributed by atoms with Crippen LogP contribution in [0.2, 0.25) is 0 Å². The first-order valence-electron chi connectivity index (χ1n) is 10.1. The molecule has 4 rings (SSSR count). The average molecular weight is 380 g/mol. The van der Waals surface area contributed by atoms with E-state index in [9.17, 15) is 4.79 Å². The summed E-state index contributed by atoms with van der Waals surface area (Å²) in [6, 6.07) is 12.3. The molecule has 1 atom stereocenters. The lowest BCUT2D eigenvalue weighted by Gasteiger charge is -2.26. The number of amides is 1. The van der Waals surface area contributed by atoms with Crippen molar-refractivity contribution in [1.82, 2.24) is 4.90 Å². The Morgan fingerprint density at radius 3 is 2.75 bits per heavy atom. The molecule has 1 N–H and O–H groups in total. The molecule has 2 aromatic carbocycles. The lowest BCUT2D eigenvalue weighted by atomic mass is 10.0. The highest BCUT2D eigenvalue weighted by molar-refractivity contribution is 5.92. The van der Waals surface area contributed by atoms with E-state index in [0.717, 1.165) is 55.0 Å². The van der Waals surface area contributed by atoms with Gasteiger partial charge in [-0.25, -0.2) is 0 Å². The molecule has 1 aliphatic carbocycles. The van der Waals surface area contributed by atoms with Crippen LogP contribution in [0.3, 0.4) is 0 Å². The smallest absolute Gasteiger partial charge is 0.238 e. The third kappa shape index (κ3) is 3.85. The van der Waals surface area contributed by atoms with E-state index in [1.807, 2.05) is 24.3 Å². The Hall–Kier alpha value is -2.53. The summed E-state index contributed by atoms with van der Waals surface area (Å²) in [4.78, 5) is 15.0. The third-order valence-electron chi connectivity index (χ3n) is 5.89. The zero-order valence-corrected chi connectivity index (χ0v) is 16.7. The van der Waals surface area contributed by atoms with Gasteiger partial charge >= 0.3 is 0 Å². The molecule has 2 aliphatic rings. The van der Waals surface area contributed by atoms with E-state index in [-0.39, 0.29) is 11.9 Å².